The van der Waals surface area contributed by atoms with E-state index in [1.807, 2.05) is 0 Å². The van der Waals surface area contributed by atoms with Crippen LogP contribution in [0, 0.1) is 11.6 Å². The first kappa shape index (κ1) is 17.0. The third-order valence-electron chi connectivity index (χ3n) is 4.55. The molecular weight excluding hydrogens is 310 g/mol. The van der Waals surface area contributed by atoms with Crippen LogP contribution in [0.4, 0.5) is 8.78 Å². The van der Waals surface area contributed by atoms with E-state index in [1.54, 1.807) is 24.3 Å². The molecule has 0 saturated carbocycles. The lowest BCUT2D eigenvalue weighted by atomic mass is 9.96. The molecule has 0 amide bonds. The van der Waals surface area contributed by atoms with Crippen molar-refractivity contribution < 1.29 is 13.9 Å². The predicted octanol–water partition coefficient (Wildman–Crippen LogP) is 3.10. The summed E-state index contributed by atoms with van der Waals surface area (Å²) in [6, 6.07) is 12.9. The normalized spacial score (nSPS) is 16.7. The molecule has 0 N–H and O–H groups in total. The smallest absolute Gasteiger partial charge is 0.123 e. The molecule has 3 nitrogen and oxygen atoms in total. The molecule has 5 heteroatoms. The second-order valence-electron chi connectivity index (χ2n) is 6.09. The fraction of sp³-hybridized carbons (Fsp3) is 0.368. The third kappa shape index (κ3) is 3.98. The van der Waals surface area contributed by atoms with Crippen molar-refractivity contribution in [3.05, 3.63) is 71.3 Å². The van der Waals surface area contributed by atoms with E-state index in [4.69, 9.17) is 0 Å². The molecule has 24 heavy (non-hydrogen) atoms. The second-order valence-corrected chi connectivity index (χ2v) is 6.09. The van der Waals surface area contributed by atoms with E-state index < -0.39 is 0 Å². The molecule has 0 bridgehead atoms. The molecule has 0 aromatic heterocycles. The van der Waals surface area contributed by atoms with Crippen LogP contribution in [-0.4, -0.2) is 49.1 Å². The lowest BCUT2D eigenvalue weighted by Crippen LogP contribution is -2.48. The summed E-state index contributed by atoms with van der Waals surface area (Å²) < 4.78 is 26.6. The van der Waals surface area contributed by atoms with Gasteiger partial charge < -0.3 is 0 Å². The Balaban J connectivity index is 1.85. The predicted molar refractivity (Wildman–Crippen MR) is 88.2 cm³/mol. The first-order valence-corrected chi connectivity index (χ1v) is 8.23. The number of rotatable bonds is 5. The molecule has 1 aliphatic heterocycles. The maximum atomic E-state index is 13.3. The van der Waals surface area contributed by atoms with Crippen molar-refractivity contribution in [1.29, 1.82) is 0 Å². The minimum atomic E-state index is -0.267. The lowest BCUT2D eigenvalue weighted by Gasteiger charge is -2.39. The Labute approximate surface area is 141 Å². The molecular formula is C19H21F2N2O. The Morgan fingerprint density at radius 1 is 0.792 bits per heavy atom. The van der Waals surface area contributed by atoms with Gasteiger partial charge in [0.15, 0.2) is 0 Å². The van der Waals surface area contributed by atoms with E-state index in [-0.39, 0.29) is 24.3 Å². The van der Waals surface area contributed by atoms with Crippen LogP contribution in [0.15, 0.2) is 48.5 Å². The monoisotopic (exact) mass is 331 g/mol. The van der Waals surface area contributed by atoms with E-state index in [2.05, 4.69) is 9.80 Å². The van der Waals surface area contributed by atoms with Crippen LogP contribution in [0.5, 0.6) is 0 Å². The van der Waals surface area contributed by atoms with Gasteiger partial charge in [0.05, 0.1) is 12.6 Å². The maximum Gasteiger partial charge on any atom is 0.123 e. The van der Waals surface area contributed by atoms with Crippen molar-refractivity contribution in [2.75, 3.05) is 39.3 Å². The number of piperazine rings is 1. The highest BCUT2D eigenvalue weighted by atomic mass is 19.1. The number of nitrogens with zero attached hydrogens (tertiary/aromatic N) is 2. The van der Waals surface area contributed by atoms with E-state index in [0.29, 0.717) is 6.54 Å². The van der Waals surface area contributed by atoms with Gasteiger partial charge in [-0.25, -0.2) is 13.9 Å². The molecule has 1 fully saturated rings. The topological polar surface area (TPSA) is 26.4 Å². The minimum Gasteiger partial charge on any atom is -0.298 e. The van der Waals surface area contributed by atoms with Crippen molar-refractivity contribution in [3.63, 3.8) is 0 Å². The second kappa shape index (κ2) is 7.83. The number of halogens is 2. The zero-order chi connectivity index (χ0) is 16.9. The molecule has 0 aliphatic carbocycles. The molecule has 1 heterocycles. The Bertz CT molecular complexity index is 592. The summed E-state index contributed by atoms with van der Waals surface area (Å²) in [5.74, 6) is -0.534. The van der Waals surface area contributed by atoms with Crippen molar-refractivity contribution in [2.45, 2.75) is 6.04 Å². The largest absolute Gasteiger partial charge is 0.298 e. The fourth-order valence-electron chi connectivity index (χ4n) is 3.28. The summed E-state index contributed by atoms with van der Waals surface area (Å²) >= 11 is 0. The van der Waals surface area contributed by atoms with Crippen LogP contribution in [0.25, 0.3) is 0 Å². The van der Waals surface area contributed by atoms with Gasteiger partial charge in [-0.3, -0.25) is 9.80 Å². The van der Waals surface area contributed by atoms with Gasteiger partial charge >= 0.3 is 0 Å². The quantitative estimate of drug-likeness (QED) is 0.842. The highest BCUT2D eigenvalue weighted by Gasteiger charge is 2.26. The van der Waals surface area contributed by atoms with Crippen LogP contribution in [-0.2, 0) is 5.11 Å². The van der Waals surface area contributed by atoms with Crippen LogP contribution >= 0.6 is 0 Å². The molecule has 0 spiro atoms. The Morgan fingerprint density at radius 2 is 1.25 bits per heavy atom. The number of hydrogen-bond acceptors (Lipinski definition) is 2. The number of benzene rings is 2. The SMILES string of the molecule is [O]CCN1CCN(C(c2ccc(F)cc2)c2ccc(F)cc2)CC1. The molecule has 127 valence electrons. The first-order valence-electron chi connectivity index (χ1n) is 8.23. The summed E-state index contributed by atoms with van der Waals surface area (Å²) in [5.41, 5.74) is 1.97. The van der Waals surface area contributed by atoms with Crippen molar-refractivity contribution in [1.82, 2.24) is 9.80 Å². The molecule has 2 aromatic rings. The van der Waals surface area contributed by atoms with Crippen molar-refractivity contribution >= 4 is 0 Å². The molecule has 0 atom stereocenters. The van der Waals surface area contributed by atoms with E-state index in [1.165, 1.54) is 24.3 Å². The zero-order valence-corrected chi connectivity index (χ0v) is 13.5. The van der Waals surface area contributed by atoms with E-state index in [0.717, 1.165) is 37.3 Å². The molecule has 1 radical (unpaired) electrons. The van der Waals surface area contributed by atoms with Crippen LogP contribution in [0.1, 0.15) is 17.2 Å². The molecule has 0 unspecified atom stereocenters. The van der Waals surface area contributed by atoms with Crippen molar-refractivity contribution in [2.24, 2.45) is 0 Å². The average Bonchev–Trinajstić information content (AvgIpc) is 2.60. The molecule has 3 rings (SSSR count). The van der Waals surface area contributed by atoms with E-state index in [9.17, 15) is 13.9 Å². The first-order chi connectivity index (χ1) is 11.7. The maximum absolute atomic E-state index is 13.3. The summed E-state index contributed by atoms with van der Waals surface area (Å²) in [6.45, 7) is 3.80. The Kier molecular flexibility index (Phi) is 5.56. The molecule has 1 saturated heterocycles. The highest BCUT2D eigenvalue weighted by molar-refractivity contribution is 5.32. The van der Waals surface area contributed by atoms with Gasteiger partial charge in [-0.1, -0.05) is 24.3 Å². The Morgan fingerprint density at radius 3 is 1.67 bits per heavy atom. The van der Waals surface area contributed by atoms with Gasteiger partial charge in [-0.2, -0.15) is 0 Å². The van der Waals surface area contributed by atoms with Gasteiger partial charge in [0, 0.05) is 32.7 Å². The Hall–Kier alpha value is -1.82. The van der Waals surface area contributed by atoms with Crippen molar-refractivity contribution in [3.8, 4) is 0 Å². The summed E-state index contributed by atoms with van der Waals surface area (Å²) in [5, 5.41) is 10.8. The number of hydrogen-bond donors (Lipinski definition) is 0. The van der Waals surface area contributed by atoms with Crippen LogP contribution in [0.3, 0.4) is 0 Å². The zero-order valence-electron chi connectivity index (χ0n) is 13.5. The molecule has 2 aromatic carbocycles. The minimum absolute atomic E-state index is 0.0411. The van der Waals surface area contributed by atoms with Crippen LogP contribution in [0.2, 0.25) is 0 Å². The van der Waals surface area contributed by atoms with E-state index >= 15 is 0 Å². The highest BCUT2D eigenvalue weighted by Crippen LogP contribution is 2.30. The summed E-state index contributed by atoms with van der Waals surface area (Å²) in [6.07, 6.45) is 0. The van der Waals surface area contributed by atoms with Gasteiger partial charge in [-0.15, -0.1) is 0 Å². The third-order valence-corrected chi connectivity index (χ3v) is 4.55. The van der Waals surface area contributed by atoms with Crippen LogP contribution < -0.4 is 0 Å². The van der Waals surface area contributed by atoms with Gasteiger partial charge in [0.1, 0.15) is 11.6 Å². The van der Waals surface area contributed by atoms with Gasteiger partial charge in [0.25, 0.3) is 0 Å². The van der Waals surface area contributed by atoms with Gasteiger partial charge in [0.2, 0.25) is 0 Å². The lowest BCUT2D eigenvalue weighted by molar-refractivity contribution is 0.0793. The fourth-order valence-corrected chi connectivity index (χ4v) is 3.28. The summed E-state index contributed by atoms with van der Waals surface area (Å²) in [7, 11) is 0. The molecule has 1 aliphatic rings. The van der Waals surface area contributed by atoms with Gasteiger partial charge in [-0.05, 0) is 35.4 Å². The summed E-state index contributed by atoms with van der Waals surface area (Å²) in [4.78, 5) is 4.47. The standard InChI is InChI=1S/C19H21F2N2O/c20-17-5-1-15(2-6-17)19(16-3-7-18(21)8-4-16)23-11-9-22(10-12-23)13-14-24/h1-8,19H,9-14H2. The average molecular weight is 331 g/mol.